The van der Waals surface area contributed by atoms with E-state index in [4.69, 9.17) is 9.84 Å². The van der Waals surface area contributed by atoms with Crippen molar-refractivity contribution in [3.8, 4) is 5.75 Å². The summed E-state index contributed by atoms with van der Waals surface area (Å²) >= 11 is 0. The van der Waals surface area contributed by atoms with Gasteiger partial charge in [-0.15, -0.1) is 0 Å². The number of rotatable bonds is 4. The molecule has 0 aromatic heterocycles. The highest BCUT2D eigenvalue weighted by Gasteiger charge is 2.08. The standard InChI is InChI=1S/C15H12F2O3/c1-9-4-12(16)3-2-10(9)8-20-14-6-11(15(18)19)5-13(17)7-14/h2-7H,8H2,1H3,(H,18,19). The number of hydrogen-bond donors (Lipinski definition) is 1. The van der Waals surface area contributed by atoms with Crippen LogP contribution in [-0.4, -0.2) is 11.1 Å². The fraction of sp³-hybridized carbons (Fsp3) is 0.133. The van der Waals surface area contributed by atoms with Crippen LogP contribution in [0.5, 0.6) is 5.75 Å². The molecule has 104 valence electrons. The van der Waals surface area contributed by atoms with Gasteiger partial charge in [-0.1, -0.05) is 6.07 Å². The van der Waals surface area contributed by atoms with Crippen LogP contribution >= 0.6 is 0 Å². The van der Waals surface area contributed by atoms with Gasteiger partial charge in [0.1, 0.15) is 24.0 Å². The number of aromatic carboxylic acids is 1. The first-order valence-electron chi connectivity index (χ1n) is 5.87. The molecule has 1 N–H and O–H groups in total. The Labute approximate surface area is 114 Å². The Kier molecular flexibility index (Phi) is 3.98. The minimum absolute atomic E-state index is 0.106. The lowest BCUT2D eigenvalue weighted by Gasteiger charge is -2.09. The molecule has 0 saturated carbocycles. The molecular formula is C15H12F2O3. The van der Waals surface area contributed by atoms with E-state index in [0.29, 0.717) is 5.56 Å². The van der Waals surface area contributed by atoms with E-state index in [1.54, 1.807) is 13.0 Å². The highest BCUT2D eigenvalue weighted by atomic mass is 19.1. The molecule has 0 saturated heterocycles. The lowest BCUT2D eigenvalue weighted by atomic mass is 10.1. The molecule has 0 unspecified atom stereocenters. The lowest BCUT2D eigenvalue weighted by molar-refractivity contribution is 0.0695. The van der Waals surface area contributed by atoms with Gasteiger partial charge in [-0.25, -0.2) is 13.6 Å². The lowest BCUT2D eigenvalue weighted by Crippen LogP contribution is -2.02. The molecule has 0 aliphatic rings. The summed E-state index contributed by atoms with van der Waals surface area (Å²) in [6.45, 7) is 1.84. The van der Waals surface area contributed by atoms with Crippen molar-refractivity contribution in [1.29, 1.82) is 0 Å². The first-order valence-corrected chi connectivity index (χ1v) is 5.87. The highest BCUT2D eigenvalue weighted by molar-refractivity contribution is 5.88. The largest absolute Gasteiger partial charge is 0.489 e. The third-order valence-electron chi connectivity index (χ3n) is 2.82. The number of benzene rings is 2. The third-order valence-corrected chi connectivity index (χ3v) is 2.82. The molecule has 0 bridgehead atoms. The van der Waals surface area contributed by atoms with Crippen molar-refractivity contribution in [2.45, 2.75) is 13.5 Å². The predicted molar refractivity (Wildman–Crippen MR) is 68.8 cm³/mol. The van der Waals surface area contributed by atoms with E-state index in [0.717, 1.165) is 17.7 Å². The summed E-state index contributed by atoms with van der Waals surface area (Å²) in [5.41, 5.74) is 1.27. The Morgan fingerprint density at radius 3 is 2.55 bits per heavy atom. The molecule has 0 amide bonds. The summed E-state index contributed by atoms with van der Waals surface area (Å²) in [5.74, 6) is -2.14. The van der Waals surface area contributed by atoms with Gasteiger partial charge in [-0.2, -0.15) is 0 Å². The highest BCUT2D eigenvalue weighted by Crippen LogP contribution is 2.19. The average Bonchev–Trinajstić information content (AvgIpc) is 2.37. The molecule has 20 heavy (non-hydrogen) atoms. The van der Waals surface area contributed by atoms with E-state index in [1.807, 2.05) is 0 Å². The average molecular weight is 278 g/mol. The number of carbonyl (C=O) groups is 1. The van der Waals surface area contributed by atoms with Gasteiger partial charge in [0.15, 0.2) is 0 Å². The zero-order chi connectivity index (χ0) is 14.7. The normalized spacial score (nSPS) is 10.3. The van der Waals surface area contributed by atoms with Crippen LogP contribution in [-0.2, 0) is 6.61 Å². The predicted octanol–water partition coefficient (Wildman–Crippen LogP) is 3.55. The summed E-state index contributed by atoms with van der Waals surface area (Å²) in [4.78, 5) is 10.8. The second-order valence-electron chi connectivity index (χ2n) is 4.34. The Morgan fingerprint density at radius 1 is 1.15 bits per heavy atom. The maximum atomic E-state index is 13.3. The van der Waals surface area contributed by atoms with Gasteiger partial charge in [0.05, 0.1) is 5.56 Å². The van der Waals surface area contributed by atoms with Crippen molar-refractivity contribution in [3.05, 3.63) is 64.7 Å². The van der Waals surface area contributed by atoms with Crippen molar-refractivity contribution in [2.24, 2.45) is 0 Å². The maximum absolute atomic E-state index is 13.3. The Bertz CT molecular complexity index is 654. The smallest absolute Gasteiger partial charge is 0.335 e. The molecule has 0 spiro atoms. The zero-order valence-corrected chi connectivity index (χ0v) is 10.7. The molecule has 2 rings (SSSR count). The molecular weight excluding hydrogens is 266 g/mol. The number of carboxylic acids is 1. The molecule has 2 aromatic rings. The van der Waals surface area contributed by atoms with Gasteiger partial charge in [0.25, 0.3) is 0 Å². The van der Waals surface area contributed by atoms with Gasteiger partial charge >= 0.3 is 5.97 Å². The van der Waals surface area contributed by atoms with E-state index in [2.05, 4.69) is 0 Å². The summed E-state index contributed by atoms with van der Waals surface area (Å²) in [6.07, 6.45) is 0. The van der Waals surface area contributed by atoms with Crippen LogP contribution in [0.25, 0.3) is 0 Å². The quantitative estimate of drug-likeness (QED) is 0.930. The van der Waals surface area contributed by atoms with E-state index in [-0.39, 0.29) is 23.7 Å². The summed E-state index contributed by atoms with van der Waals surface area (Å²) < 4.78 is 31.6. The fourth-order valence-corrected chi connectivity index (χ4v) is 1.75. The summed E-state index contributed by atoms with van der Waals surface area (Å²) in [7, 11) is 0. The Balaban J connectivity index is 2.16. The van der Waals surface area contributed by atoms with Crippen molar-refractivity contribution >= 4 is 5.97 Å². The van der Waals surface area contributed by atoms with Crippen molar-refractivity contribution in [3.63, 3.8) is 0 Å². The number of aryl methyl sites for hydroxylation is 1. The van der Waals surface area contributed by atoms with Crippen LogP contribution < -0.4 is 4.74 Å². The summed E-state index contributed by atoms with van der Waals surface area (Å²) in [5, 5.41) is 8.83. The van der Waals surface area contributed by atoms with Crippen LogP contribution in [0.4, 0.5) is 8.78 Å². The molecule has 0 radical (unpaired) electrons. The molecule has 3 nitrogen and oxygen atoms in total. The van der Waals surface area contributed by atoms with Crippen molar-refractivity contribution < 1.29 is 23.4 Å². The fourth-order valence-electron chi connectivity index (χ4n) is 1.75. The van der Waals surface area contributed by atoms with Crippen LogP contribution in [0.1, 0.15) is 21.5 Å². The number of halogens is 2. The molecule has 2 aromatic carbocycles. The first kappa shape index (κ1) is 14.0. The van der Waals surface area contributed by atoms with E-state index >= 15 is 0 Å². The monoisotopic (exact) mass is 278 g/mol. The van der Waals surface area contributed by atoms with Gasteiger partial charge in [0, 0.05) is 6.07 Å². The Morgan fingerprint density at radius 2 is 1.90 bits per heavy atom. The van der Waals surface area contributed by atoms with Crippen LogP contribution in [0.3, 0.4) is 0 Å². The number of ether oxygens (including phenoxy) is 1. The molecule has 5 heteroatoms. The van der Waals surface area contributed by atoms with Crippen molar-refractivity contribution in [2.75, 3.05) is 0 Å². The second-order valence-corrected chi connectivity index (χ2v) is 4.34. The SMILES string of the molecule is Cc1cc(F)ccc1COc1cc(F)cc(C(=O)O)c1. The maximum Gasteiger partial charge on any atom is 0.335 e. The zero-order valence-electron chi connectivity index (χ0n) is 10.7. The molecule has 0 fully saturated rings. The van der Waals surface area contributed by atoms with E-state index in [9.17, 15) is 13.6 Å². The second kappa shape index (κ2) is 5.69. The van der Waals surface area contributed by atoms with Crippen molar-refractivity contribution in [1.82, 2.24) is 0 Å². The Hall–Kier alpha value is -2.43. The van der Waals surface area contributed by atoms with Crippen LogP contribution in [0, 0.1) is 18.6 Å². The van der Waals surface area contributed by atoms with E-state index < -0.39 is 11.8 Å². The van der Waals surface area contributed by atoms with Crippen LogP contribution in [0.2, 0.25) is 0 Å². The van der Waals surface area contributed by atoms with E-state index in [1.165, 1.54) is 18.2 Å². The summed E-state index contributed by atoms with van der Waals surface area (Å²) in [6, 6.07) is 7.50. The number of carboxylic acid groups (broad SMARTS) is 1. The van der Waals surface area contributed by atoms with Gasteiger partial charge in [-0.05, 0) is 42.3 Å². The number of hydrogen-bond acceptors (Lipinski definition) is 2. The van der Waals surface area contributed by atoms with Gasteiger partial charge < -0.3 is 9.84 Å². The topological polar surface area (TPSA) is 46.5 Å². The van der Waals surface area contributed by atoms with Gasteiger partial charge in [0.2, 0.25) is 0 Å². The minimum Gasteiger partial charge on any atom is -0.489 e. The van der Waals surface area contributed by atoms with Gasteiger partial charge in [-0.3, -0.25) is 0 Å². The minimum atomic E-state index is -1.23. The first-order chi connectivity index (χ1) is 9.45. The molecule has 0 aliphatic carbocycles. The van der Waals surface area contributed by atoms with Crippen LogP contribution in [0.15, 0.2) is 36.4 Å². The molecule has 0 atom stereocenters. The molecule has 0 aliphatic heterocycles. The third kappa shape index (κ3) is 3.32. The molecule has 0 heterocycles.